The van der Waals surface area contributed by atoms with Gasteiger partial charge in [-0.1, -0.05) is 18.2 Å². The van der Waals surface area contributed by atoms with Crippen LogP contribution in [-0.2, 0) is 17.8 Å². The highest BCUT2D eigenvalue weighted by Gasteiger charge is 2.17. The Morgan fingerprint density at radius 1 is 1.04 bits per heavy atom. The van der Waals surface area contributed by atoms with Gasteiger partial charge in [-0.2, -0.15) is 0 Å². The summed E-state index contributed by atoms with van der Waals surface area (Å²) in [5, 5.41) is 10.4. The van der Waals surface area contributed by atoms with E-state index in [0.717, 1.165) is 22.6 Å². The molecule has 146 valence electrons. The van der Waals surface area contributed by atoms with E-state index in [-0.39, 0.29) is 25.3 Å². The van der Waals surface area contributed by atoms with Gasteiger partial charge in [-0.05, 0) is 49.2 Å². The van der Waals surface area contributed by atoms with Crippen LogP contribution in [0.3, 0.4) is 0 Å². The minimum Gasteiger partial charge on any atom is -0.454 e. The van der Waals surface area contributed by atoms with Crippen molar-refractivity contribution in [1.82, 2.24) is 4.90 Å². The number of ether oxygens (including phenoxy) is 3. The minimum atomic E-state index is -0.609. The van der Waals surface area contributed by atoms with E-state index < -0.39 is 6.10 Å². The number of aliphatic hydroxyl groups is 1. The Labute approximate surface area is 159 Å². The van der Waals surface area contributed by atoms with Crippen LogP contribution in [0.1, 0.15) is 25.0 Å². The smallest absolute Gasteiger partial charge is 0.231 e. The molecule has 1 aliphatic heterocycles. The van der Waals surface area contributed by atoms with E-state index in [1.165, 1.54) is 12.1 Å². The summed E-state index contributed by atoms with van der Waals surface area (Å²) in [5.74, 6) is 1.22. The SMILES string of the molecule is CC(C)OCC(O)CN(Cc1ccc(F)cc1)Cc1ccc2c(c1)OCO2. The van der Waals surface area contributed by atoms with E-state index in [0.29, 0.717) is 19.6 Å². The first-order chi connectivity index (χ1) is 13.0. The van der Waals surface area contributed by atoms with Gasteiger partial charge >= 0.3 is 0 Å². The molecule has 0 radical (unpaired) electrons. The Balaban J connectivity index is 1.69. The highest BCUT2D eigenvalue weighted by atomic mass is 19.1. The molecule has 6 heteroatoms. The molecule has 2 aromatic carbocycles. The lowest BCUT2D eigenvalue weighted by molar-refractivity contribution is -0.0106. The average molecular weight is 375 g/mol. The molecule has 0 fully saturated rings. The third-order valence-electron chi connectivity index (χ3n) is 4.25. The summed E-state index contributed by atoms with van der Waals surface area (Å²) in [4.78, 5) is 2.11. The van der Waals surface area contributed by atoms with Crippen molar-refractivity contribution in [3.63, 3.8) is 0 Å². The number of aliphatic hydroxyl groups excluding tert-OH is 1. The van der Waals surface area contributed by atoms with Crippen LogP contribution in [0.4, 0.5) is 4.39 Å². The third kappa shape index (κ3) is 5.92. The zero-order valence-electron chi connectivity index (χ0n) is 15.7. The lowest BCUT2D eigenvalue weighted by atomic mass is 10.1. The first-order valence-corrected chi connectivity index (χ1v) is 9.14. The van der Waals surface area contributed by atoms with Crippen LogP contribution in [0.25, 0.3) is 0 Å². The number of rotatable bonds is 9. The molecule has 1 atom stereocenters. The summed E-state index contributed by atoms with van der Waals surface area (Å²) in [5.41, 5.74) is 2.03. The minimum absolute atomic E-state index is 0.0686. The van der Waals surface area contributed by atoms with Crippen LogP contribution in [0.5, 0.6) is 11.5 Å². The molecule has 5 nitrogen and oxygen atoms in total. The van der Waals surface area contributed by atoms with Crippen molar-refractivity contribution in [2.45, 2.75) is 39.1 Å². The van der Waals surface area contributed by atoms with Crippen molar-refractivity contribution in [1.29, 1.82) is 0 Å². The summed E-state index contributed by atoms with van der Waals surface area (Å²) in [6, 6.07) is 12.3. The molecule has 1 N–H and O–H groups in total. The van der Waals surface area contributed by atoms with Crippen LogP contribution in [0.2, 0.25) is 0 Å². The maximum absolute atomic E-state index is 13.2. The summed E-state index contributed by atoms with van der Waals surface area (Å²) in [6.07, 6.45) is -0.541. The molecule has 0 amide bonds. The number of fused-ring (bicyclic) bond motifs is 1. The van der Waals surface area contributed by atoms with Crippen LogP contribution >= 0.6 is 0 Å². The summed E-state index contributed by atoms with van der Waals surface area (Å²) in [6.45, 7) is 6.05. The highest BCUT2D eigenvalue weighted by molar-refractivity contribution is 5.44. The highest BCUT2D eigenvalue weighted by Crippen LogP contribution is 2.32. The fourth-order valence-electron chi connectivity index (χ4n) is 2.98. The maximum Gasteiger partial charge on any atom is 0.231 e. The monoisotopic (exact) mass is 375 g/mol. The Bertz CT molecular complexity index is 735. The van der Waals surface area contributed by atoms with Gasteiger partial charge in [0, 0.05) is 19.6 Å². The number of halogens is 1. The van der Waals surface area contributed by atoms with Gasteiger partial charge in [0.25, 0.3) is 0 Å². The van der Waals surface area contributed by atoms with Crippen molar-refractivity contribution in [2.75, 3.05) is 19.9 Å². The summed E-state index contributed by atoms with van der Waals surface area (Å²) >= 11 is 0. The molecule has 0 aliphatic carbocycles. The molecule has 2 aromatic rings. The fraction of sp³-hybridized carbons (Fsp3) is 0.429. The molecule has 1 unspecified atom stereocenters. The molecule has 3 rings (SSSR count). The van der Waals surface area contributed by atoms with E-state index in [1.807, 2.05) is 32.0 Å². The van der Waals surface area contributed by atoms with Crippen LogP contribution in [-0.4, -0.2) is 42.2 Å². The van der Waals surface area contributed by atoms with Crippen LogP contribution in [0.15, 0.2) is 42.5 Å². The number of nitrogens with zero attached hydrogens (tertiary/aromatic N) is 1. The van der Waals surface area contributed by atoms with Gasteiger partial charge < -0.3 is 19.3 Å². The van der Waals surface area contributed by atoms with Crippen molar-refractivity contribution in [3.05, 3.63) is 59.4 Å². The van der Waals surface area contributed by atoms with Crippen molar-refractivity contribution in [3.8, 4) is 11.5 Å². The van der Waals surface area contributed by atoms with E-state index >= 15 is 0 Å². The third-order valence-corrected chi connectivity index (χ3v) is 4.25. The first-order valence-electron chi connectivity index (χ1n) is 9.14. The van der Waals surface area contributed by atoms with Crippen molar-refractivity contribution >= 4 is 0 Å². The molecule has 0 spiro atoms. The van der Waals surface area contributed by atoms with Gasteiger partial charge in [0.1, 0.15) is 5.82 Å². The fourth-order valence-corrected chi connectivity index (χ4v) is 2.98. The zero-order valence-corrected chi connectivity index (χ0v) is 15.7. The van der Waals surface area contributed by atoms with Crippen molar-refractivity contribution in [2.24, 2.45) is 0 Å². The molecule has 27 heavy (non-hydrogen) atoms. The predicted molar refractivity (Wildman–Crippen MR) is 100 cm³/mol. The predicted octanol–water partition coefficient (Wildman–Crippen LogP) is 3.34. The summed E-state index contributed by atoms with van der Waals surface area (Å²) < 4.78 is 29.5. The Kier molecular flexibility index (Phi) is 6.66. The molecule has 0 aromatic heterocycles. The van der Waals surface area contributed by atoms with Crippen molar-refractivity contribution < 1.29 is 23.7 Å². The number of benzene rings is 2. The topological polar surface area (TPSA) is 51.2 Å². The number of hydrogen-bond acceptors (Lipinski definition) is 5. The molecular formula is C21H26FNO4. The number of hydrogen-bond donors (Lipinski definition) is 1. The van der Waals surface area contributed by atoms with Gasteiger partial charge in [-0.25, -0.2) is 4.39 Å². The lowest BCUT2D eigenvalue weighted by Gasteiger charge is -2.26. The largest absolute Gasteiger partial charge is 0.454 e. The second kappa shape index (κ2) is 9.17. The standard InChI is InChI=1S/C21H26FNO4/c1-15(2)25-13-19(24)12-23(10-16-3-6-18(22)7-4-16)11-17-5-8-20-21(9-17)27-14-26-20/h3-9,15,19,24H,10-14H2,1-2H3. The van der Waals surface area contributed by atoms with Gasteiger partial charge in [0.2, 0.25) is 6.79 Å². The van der Waals surface area contributed by atoms with E-state index in [2.05, 4.69) is 4.90 Å². The Morgan fingerprint density at radius 2 is 1.70 bits per heavy atom. The van der Waals surface area contributed by atoms with Crippen LogP contribution in [0, 0.1) is 5.82 Å². The van der Waals surface area contributed by atoms with E-state index in [9.17, 15) is 9.50 Å². The molecule has 1 heterocycles. The summed E-state index contributed by atoms with van der Waals surface area (Å²) in [7, 11) is 0. The molecule has 0 bridgehead atoms. The Morgan fingerprint density at radius 3 is 2.44 bits per heavy atom. The first kappa shape index (κ1) is 19.6. The molecule has 1 aliphatic rings. The molecule has 0 saturated carbocycles. The van der Waals surface area contributed by atoms with Gasteiger partial charge in [0.05, 0.1) is 18.8 Å². The van der Waals surface area contributed by atoms with E-state index in [1.54, 1.807) is 12.1 Å². The lowest BCUT2D eigenvalue weighted by Crippen LogP contribution is -2.34. The molecular weight excluding hydrogens is 349 g/mol. The van der Waals surface area contributed by atoms with Gasteiger partial charge in [-0.3, -0.25) is 4.90 Å². The van der Waals surface area contributed by atoms with Gasteiger partial charge in [-0.15, -0.1) is 0 Å². The second-order valence-electron chi connectivity index (χ2n) is 7.02. The quantitative estimate of drug-likeness (QED) is 0.729. The second-order valence-corrected chi connectivity index (χ2v) is 7.02. The van der Waals surface area contributed by atoms with E-state index in [4.69, 9.17) is 14.2 Å². The molecule has 0 saturated heterocycles. The normalized spacial score (nSPS) is 14.1. The average Bonchev–Trinajstić information content (AvgIpc) is 3.09. The Hall–Kier alpha value is -2.15. The van der Waals surface area contributed by atoms with Gasteiger partial charge in [0.15, 0.2) is 11.5 Å². The maximum atomic E-state index is 13.2. The van der Waals surface area contributed by atoms with Crippen LogP contribution < -0.4 is 9.47 Å². The zero-order chi connectivity index (χ0) is 19.2.